The van der Waals surface area contributed by atoms with Crippen molar-refractivity contribution < 1.29 is 19.4 Å². The van der Waals surface area contributed by atoms with Crippen molar-refractivity contribution in [3.8, 4) is 17.2 Å². The summed E-state index contributed by atoms with van der Waals surface area (Å²) in [5.74, 6) is -0.380. The molecule has 0 bridgehead atoms. The summed E-state index contributed by atoms with van der Waals surface area (Å²) in [5, 5.41) is 13.2. The number of rotatable bonds is 5. The van der Waals surface area contributed by atoms with E-state index < -0.39 is 5.97 Å². The first-order chi connectivity index (χ1) is 12.9. The van der Waals surface area contributed by atoms with Gasteiger partial charge < -0.3 is 15.2 Å². The molecule has 0 aliphatic rings. The molecule has 0 spiro atoms. The van der Waals surface area contributed by atoms with Gasteiger partial charge >= 0.3 is 5.97 Å². The van der Waals surface area contributed by atoms with Gasteiger partial charge in [-0.1, -0.05) is 13.5 Å². The number of hydrogen-bond acceptors (Lipinski definition) is 4. The van der Waals surface area contributed by atoms with E-state index in [-0.39, 0.29) is 23.0 Å². The predicted molar refractivity (Wildman–Crippen MR) is 99.9 cm³/mol. The molecule has 1 amide bonds. The summed E-state index contributed by atoms with van der Waals surface area (Å²) >= 11 is 0. The minimum atomic E-state index is -0.546. The van der Waals surface area contributed by atoms with Crippen molar-refractivity contribution in [1.29, 1.82) is 0 Å². The average molecular weight is 366 g/mol. The molecule has 0 radical (unpaired) electrons. The van der Waals surface area contributed by atoms with E-state index >= 15 is 0 Å². The lowest BCUT2D eigenvalue weighted by atomic mass is 10.2. The van der Waals surface area contributed by atoms with Crippen LogP contribution in [0, 0.1) is 0 Å². The molecule has 0 aliphatic carbocycles. The van der Waals surface area contributed by atoms with Gasteiger partial charge in [-0.3, -0.25) is 4.79 Å². The Labute approximate surface area is 154 Å². The van der Waals surface area contributed by atoms with Gasteiger partial charge in [-0.2, -0.15) is 0 Å². The van der Waals surface area contributed by atoms with Gasteiger partial charge in [-0.15, -0.1) is 14.1 Å². The number of hydrogen-bond donors (Lipinski definition) is 2. The van der Waals surface area contributed by atoms with Gasteiger partial charge in [0.15, 0.2) is 0 Å². The number of carbonyl (C=O) groups is 2. The van der Waals surface area contributed by atoms with Gasteiger partial charge in [-0.25, -0.2) is 4.79 Å². The van der Waals surface area contributed by atoms with Gasteiger partial charge in [0, 0.05) is 23.7 Å². The van der Waals surface area contributed by atoms with Crippen LogP contribution < -0.4 is 10.1 Å². The molecule has 0 saturated carbocycles. The number of esters is 1. The van der Waals surface area contributed by atoms with E-state index in [0.717, 1.165) is 16.7 Å². The number of fused-ring (bicyclic) bond motifs is 4. The molecular formula is C19H18N4O4. The molecule has 2 heterocycles. The minimum Gasteiger partial charge on any atom is -0.505 e. The van der Waals surface area contributed by atoms with E-state index in [1.807, 2.05) is 27.5 Å². The number of nitrogens with one attached hydrogen (secondary N) is 1. The Hall–Kier alpha value is -3.68. The van der Waals surface area contributed by atoms with Crippen LogP contribution in [-0.2, 0) is 9.59 Å². The maximum absolute atomic E-state index is 11.6. The third-order valence-corrected chi connectivity index (χ3v) is 4.24. The maximum Gasteiger partial charge on any atom is 0.338 e. The molecule has 0 fully saturated rings. The summed E-state index contributed by atoms with van der Waals surface area (Å²) in [6.07, 6.45) is 0.412. The second-order valence-corrected chi connectivity index (χ2v) is 6.29. The normalized spacial score (nSPS) is 11.3. The predicted octanol–water partition coefficient (Wildman–Crippen LogP) is 2.96. The monoisotopic (exact) mass is 366 g/mol. The lowest BCUT2D eigenvalue weighted by Crippen LogP contribution is -2.09. The van der Waals surface area contributed by atoms with E-state index in [2.05, 4.69) is 11.9 Å². The molecule has 8 nitrogen and oxygen atoms in total. The standard InChI is InChI=1S/C19H18N4O4/c1-4-18(25)20-12-5-7-14-16(9-12)23-21(14)22(23)15-8-6-13(10-17(15)24)27-19(26)11(2)3/h5-10,24H,2,4H2,1,3H3,(H,20,25). The van der Waals surface area contributed by atoms with E-state index in [1.54, 1.807) is 30.8 Å². The second-order valence-electron chi connectivity index (χ2n) is 6.29. The van der Waals surface area contributed by atoms with Crippen LogP contribution >= 0.6 is 0 Å². The van der Waals surface area contributed by atoms with E-state index in [9.17, 15) is 14.7 Å². The summed E-state index contributed by atoms with van der Waals surface area (Å²) in [6, 6.07) is 10.3. The average Bonchev–Trinajstić information content (AvgIpc) is 3.28. The zero-order chi connectivity index (χ0) is 19.3. The molecule has 2 aromatic heterocycles. The van der Waals surface area contributed by atoms with E-state index in [4.69, 9.17) is 4.74 Å². The van der Waals surface area contributed by atoms with Crippen LogP contribution in [0.4, 0.5) is 5.69 Å². The quantitative estimate of drug-likeness (QED) is 0.323. The van der Waals surface area contributed by atoms with Crippen LogP contribution in [0.5, 0.6) is 11.5 Å². The molecule has 0 unspecified atom stereocenters. The molecule has 2 aromatic carbocycles. The smallest absolute Gasteiger partial charge is 0.338 e. The highest BCUT2D eigenvalue weighted by Crippen LogP contribution is 2.33. The molecule has 0 aliphatic heterocycles. The Kier molecular flexibility index (Phi) is 3.69. The Morgan fingerprint density at radius 3 is 2.56 bits per heavy atom. The zero-order valence-corrected chi connectivity index (χ0v) is 14.9. The first-order valence-corrected chi connectivity index (χ1v) is 8.45. The number of nitrogens with zero attached hydrogens (tertiary/aromatic N) is 3. The van der Waals surface area contributed by atoms with Crippen LogP contribution in [0.15, 0.2) is 48.6 Å². The van der Waals surface area contributed by atoms with Gasteiger partial charge in [0.1, 0.15) is 28.2 Å². The number of phenolic OH excluding ortho intramolecular Hbond substituents is 1. The Morgan fingerprint density at radius 1 is 1.15 bits per heavy atom. The van der Waals surface area contributed by atoms with E-state index in [0.29, 0.717) is 12.1 Å². The lowest BCUT2D eigenvalue weighted by molar-refractivity contribution is -0.130. The van der Waals surface area contributed by atoms with Crippen LogP contribution in [0.1, 0.15) is 20.3 Å². The van der Waals surface area contributed by atoms with Crippen LogP contribution in [-0.4, -0.2) is 31.0 Å². The number of aromatic hydroxyl groups is 1. The summed E-state index contributed by atoms with van der Waals surface area (Å²) in [6.45, 7) is 6.88. The molecule has 2 N–H and O–H groups in total. The van der Waals surface area contributed by atoms with E-state index in [1.165, 1.54) is 6.07 Å². The number of anilines is 1. The second kappa shape index (κ2) is 5.94. The topological polar surface area (TPSA) is 89.4 Å². The van der Waals surface area contributed by atoms with Gasteiger partial charge in [0.05, 0.1) is 0 Å². The maximum atomic E-state index is 11.6. The van der Waals surface area contributed by atoms with Crippen LogP contribution in [0.2, 0.25) is 0 Å². The highest BCUT2D eigenvalue weighted by atomic mass is 16.5. The number of ether oxygens (including phenoxy) is 1. The molecule has 0 atom stereocenters. The minimum absolute atomic E-state index is 0.0261. The highest BCUT2D eigenvalue weighted by Gasteiger charge is 2.26. The van der Waals surface area contributed by atoms with Crippen molar-refractivity contribution in [1.82, 2.24) is 14.1 Å². The van der Waals surface area contributed by atoms with Crippen molar-refractivity contribution >= 4 is 28.6 Å². The molecule has 138 valence electrons. The van der Waals surface area contributed by atoms with Crippen molar-refractivity contribution in [3.05, 3.63) is 48.6 Å². The SMILES string of the molecule is C=C(C)C(=O)Oc1ccc(-n2n3c4ccc(NC(=O)CC)cc4n23)c(O)c1. The fourth-order valence-electron chi connectivity index (χ4n) is 2.80. The summed E-state index contributed by atoms with van der Waals surface area (Å²) in [5.41, 5.74) is 3.42. The number of phenols is 1. The van der Waals surface area contributed by atoms with Crippen LogP contribution in [0.25, 0.3) is 16.7 Å². The lowest BCUT2D eigenvalue weighted by Gasteiger charge is -2.05. The fourth-order valence-corrected chi connectivity index (χ4v) is 2.80. The number of aromatic nitrogens is 3. The Morgan fingerprint density at radius 2 is 1.89 bits per heavy atom. The fraction of sp³-hybridized carbons (Fsp3) is 0.158. The summed E-state index contributed by atoms with van der Waals surface area (Å²) < 4.78 is 8.84. The van der Waals surface area contributed by atoms with Crippen molar-refractivity contribution in [2.24, 2.45) is 0 Å². The Bertz CT molecular complexity index is 1190. The largest absolute Gasteiger partial charge is 0.505 e. The molecule has 4 aromatic rings. The van der Waals surface area contributed by atoms with Crippen LogP contribution in [0.3, 0.4) is 0 Å². The first-order valence-electron chi connectivity index (χ1n) is 8.45. The van der Waals surface area contributed by atoms with Crippen molar-refractivity contribution in [3.63, 3.8) is 0 Å². The third kappa shape index (κ3) is 2.71. The number of benzene rings is 2. The van der Waals surface area contributed by atoms with Gasteiger partial charge in [-0.05, 0) is 37.3 Å². The summed E-state index contributed by atoms with van der Waals surface area (Å²) in [7, 11) is 0. The first kappa shape index (κ1) is 16.8. The number of amides is 1. The van der Waals surface area contributed by atoms with Gasteiger partial charge in [0.25, 0.3) is 0 Å². The van der Waals surface area contributed by atoms with Crippen molar-refractivity contribution in [2.75, 3.05) is 5.32 Å². The molecule has 27 heavy (non-hydrogen) atoms. The summed E-state index contributed by atoms with van der Waals surface area (Å²) in [4.78, 5) is 24.9. The van der Waals surface area contributed by atoms with Crippen molar-refractivity contribution in [2.45, 2.75) is 20.3 Å². The Balaban J connectivity index is 1.63. The third-order valence-electron chi connectivity index (χ3n) is 4.24. The van der Waals surface area contributed by atoms with Gasteiger partial charge in [0.2, 0.25) is 5.91 Å². The zero-order valence-electron chi connectivity index (χ0n) is 14.9. The highest BCUT2D eigenvalue weighted by molar-refractivity contribution is 5.93. The molecular weight excluding hydrogens is 348 g/mol. The number of carbonyl (C=O) groups excluding carboxylic acids is 2. The molecule has 8 heteroatoms. The molecule has 4 rings (SSSR count). The molecule has 0 saturated heterocycles.